The van der Waals surface area contributed by atoms with Gasteiger partial charge in [0.05, 0.1) is 23.7 Å². The number of thiocarbonyl (C=S) groups is 1. The van der Waals surface area contributed by atoms with Gasteiger partial charge in [-0.2, -0.15) is 0 Å². The fourth-order valence-corrected chi connectivity index (χ4v) is 3.11. The van der Waals surface area contributed by atoms with Gasteiger partial charge in [-0.3, -0.25) is 4.79 Å². The number of carbonyl (C=O) groups is 2. The number of anilines is 1. The van der Waals surface area contributed by atoms with Crippen molar-refractivity contribution in [2.45, 2.75) is 20.8 Å². The molecule has 0 aromatic carbocycles. The fraction of sp³-hybridized carbons (Fsp3) is 0.462. The number of esters is 1. The summed E-state index contributed by atoms with van der Waals surface area (Å²) in [6, 6.07) is 0. The van der Waals surface area contributed by atoms with Crippen LogP contribution >= 0.6 is 23.6 Å². The van der Waals surface area contributed by atoms with Gasteiger partial charge in [0.1, 0.15) is 4.88 Å². The average Bonchev–Trinajstić information content (AvgIpc) is 2.69. The second-order valence-electron chi connectivity index (χ2n) is 4.73. The molecule has 1 amide bonds. The van der Waals surface area contributed by atoms with Gasteiger partial charge in [-0.05, 0) is 23.8 Å². The predicted octanol–water partition coefficient (Wildman–Crippen LogP) is 2.34. The molecule has 1 rings (SSSR count). The van der Waals surface area contributed by atoms with Crippen LogP contribution in [0.15, 0.2) is 5.38 Å². The number of hydrogen-bond donors (Lipinski definition) is 2. The zero-order valence-corrected chi connectivity index (χ0v) is 13.5. The standard InChI is InChI=1S/C13H18N2O3S2/c1-6(2)8(11(14)19)12(16)15-9-7(3)5-20-10(9)13(17)18-4/h5-6,8H,1-4H3,(H2,14,19)(H,15,16). The van der Waals surface area contributed by atoms with E-state index in [1.165, 1.54) is 18.4 Å². The minimum absolute atomic E-state index is 0.0204. The van der Waals surface area contributed by atoms with Crippen LogP contribution in [0, 0.1) is 18.8 Å². The lowest BCUT2D eigenvalue weighted by molar-refractivity contribution is -0.118. The van der Waals surface area contributed by atoms with Crippen molar-refractivity contribution >= 4 is 46.1 Å². The van der Waals surface area contributed by atoms with Crippen LogP contribution in [0.25, 0.3) is 0 Å². The molecule has 3 N–H and O–H groups in total. The summed E-state index contributed by atoms with van der Waals surface area (Å²) >= 11 is 6.16. The lowest BCUT2D eigenvalue weighted by Gasteiger charge is -2.19. The summed E-state index contributed by atoms with van der Waals surface area (Å²) < 4.78 is 4.70. The summed E-state index contributed by atoms with van der Waals surface area (Å²) in [4.78, 5) is 24.4. The van der Waals surface area contributed by atoms with Crippen molar-refractivity contribution < 1.29 is 14.3 Å². The van der Waals surface area contributed by atoms with Crippen molar-refractivity contribution in [3.05, 3.63) is 15.8 Å². The topological polar surface area (TPSA) is 81.4 Å². The Morgan fingerprint density at radius 2 is 2.05 bits per heavy atom. The highest BCUT2D eigenvalue weighted by atomic mass is 32.1. The van der Waals surface area contributed by atoms with Gasteiger partial charge < -0.3 is 15.8 Å². The number of methoxy groups -OCH3 is 1. The predicted molar refractivity (Wildman–Crippen MR) is 84.1 cm³/mol. The number of thiophene rings is 1. The van der Waals surface area contributed by atoms with E-state index in [0.717, 1.165) is 5.56 Å². The van der Waals surface area contributed by atoms with Crippen molar-refractivity contribution in [1.82, 2.24) is 0 Å². The van der Waals surface area contributed by atoms with Crippen molar-refractivity contribution in [2.75, 3.05) is 12.4 Å². The van der Waals surface area contributed by atoms with Gasteiger partial charge in [-0.15, -0.1) is 11.3 Å². The molecule has 0 radical (unpaired) electrons. The number of nitrogens with two attached hydrogens (primary N) is 1. The molecule has 1 atom stereocenters. The van der Waals surface area contributed by atoms with Gasteiger partial charge in [0.25, 0.3) is 0 Å². The third kappa shape index (κ3) is 3.55. The number of aryl methyl sites for hydroxylation is 1. The Balaban J connectivity index is 3.04. The number of hydrogen-bond acceptors (Lipinski definition) is 5. The van der Waals surface area contributed by atoms with E-state index in [9.17, 15) is 9.59 Å². The Bertz CT molecular complexity index is 538. The molecule has 0 saturated heterocycles. The van der Waals surface area contributed by atoms with E-state index < -0.39 is 11.9 Å². The molecule has 0 fully saturated rings. The van der Waals surface area contributed by atoms with E-state index in [2.05, 4.69) is 5.32 Å². The van der Waals surface area contributed by atoms with Crippen LogP contribution in [0.1, 0.15) is 29.1 Å². The SMILES string of the molecule is COC(=O)c1scc(C)c1NC(=O)C(C(N)=S)C(C)C. The molecule has 0 bridgehead atoms. The Morgan fingerprint density at radius 3 is 2.50 bits per heavy atom. The quantitative estimate of drug-likeness (QED) is 0.644. The van der Waals surface area contributed by atoms with Gasteiger partial charge in [0.2, 0.25) is 5.91 Å². The molecular formula is C13H18N2O3S2. The largest absolute Gasteiger partial charge is 0.465 e. The summed E-state index contributed by atoms with van der Waals surface area (Å²) in [5.41, 5.74) is 6.88. The number of carbonyl (C=O) groups excluding carboxylic acids is 2. The maximum absolute atomic E-state index is 12.3. The molecule has 110 valence electrons. The van der Waals surface area contributed by atoms with E-state index in [4.69, 9.17) is 22.7 Å². The van der Waals surface area contributed by atoms with Gasteiger partial charge in [-0.1, -0.05) is 26.1 Å². The van der Waals surface area contributed by atoms with E-state index >= 15 is 0 Å². The Labute approximate surface area is 127 Å². The van der Waals surface area contributed by atoms with E-state index in [0.29, 0.717) is 10.6 Å². The molecule has 0 aliphatic heterocycles. The summed E-state index contributed by atoms with van der Waals surface area (Å²) in [7, 11) is 1.30. The van der Waals surface area contributed by atoms with Gasteiger partial charge in [0, 0.05) is 0 Å². The minimum atomic E-state index is -0.574. The smallest absolute Gasteiger partial charge is 0.350 e. The molecule has 5 nitrogen and oxygen atoms in total. The summed E-state index contributed by atoms with van der Waals surface area (Å²) in [5.74, 6) is -1.38. The highest BCUT2D eigenvalue weighted by molar-refractivity contribution is 7.80. The molecule has 7 heteroatoms. The van der Waals surface area contributed by atoms with Crippen LogP contribution in [0.2, 0.25) is 0 Å². The molecule has 20 heavy (non-hydrogen) atoms. The minimum Gasteiger partial charge on any atom is -0.465 e. The third-order valence-electron chi connectivity index (χ3n) is 2.85. The molecule has 0 aliphatic rings. The maximum Gasteiger partial charge on any atom is 0.350 e. The molecule has 1 unspecified atom stereocenters. The first kappa shape index (κ1) is 16.6. The van der Waals surface area contributed by atoms with Crippen molar-refractivity contribution in [1.29, 1.82) is 0 Å². The summed E-state index contributed by atoms with van der Waals surface area (Å²) in [5, 5.41) is 4.52. The highest BCUT2D eigenvalue weighted by Gasteiger charge is 2.27. The molecule has 1 aromatic heterocycles. The Hall–Kier alpha value is -1.47. The molecular weight excluding hydrogens is 296 g/mol. The van der Waals surface area contributed by atoms with Crippen LogP contribution in [0.4, 0.5) is 5.69 Å². The third-order valence-corrected chi connectivity index (χ3v) is 4.18. The number of ether oxygens (including phenoxy) is 1. The number of amides is 1. The molecule has 1 aromatic rings. The number of rotatable bonds is 5. The zero-order valence-electron chi connectivity index (χ0n) is 11.9. The first-order valence-electron chi connectivity index (χ1n) is 6.06. The van der Waals surface area contributed by atoms with Crippen molar-refractivity contribution in [2.24, 2.45) is 17.6 Å². The van der Waals surface area contributed by atoms with Crippen molar-refractivity contribution in [3.63, 3.8) is 0 Å². The summed E-state index contributed by atoms with van der Waals surface area (Å²) in [6.45, 7) is 5.54. The van der Waals surface area contributed by atoms with Crippen molar-refractivity contribution in [3.8, 4) is 0 Å². The second-order valence-corrected chi connectivity index (χ2v) is 6.08. The van der Waals surface area contributed by atoms with Crippen LogP contribution < -0.4 is 11.1 Å². The zero-order chi connectivity index (χ0) is 15.4. The first-order chi connectivity index (χ1) is 9.29. The van der Waals surface area contributed by atoms with Crippen LogP contribution in [-0.2, 0) is 9.53 Å². The van der Waals surface area contributed by atoms with Crippen LogP contribution in [-0.4, -0.2) is 24.0 Å². The Kier molecular flexibility index (Phi) is 5.64. The monoisotopic (exact) mass is 314 g/mol. The van der Waals surface area contributed by atoms with E-state index in [1.807, 2.05) is 20.8 Å². The fourth-order valence-electron chi connectivity index (χ4n) is 1.80. The van der Waals surface area contributed by atoms with Gasteiger partial charge in [0.15, 0.2) is 0 Å². The number of nitrogens with one attached hydrogen (secondary N) is 1. The molecule has 0 saturated carbocycles. The van der Waals surface area contributed by atoms with E-state index in [-0.39, 0.29) is 16.8 Å². The summed E-state index contributed by atoms with van der Waals surface area (Å²) in [6.07, 6.45) is 0. The Morgan fingerprint density at radius 1 is 1.45 bits per heavy atom. The average molecular weight is 314 g/mol. The second kappa shape index (κ2) is 6.81. The highest BCUT2D eigenvalue weighted by Crippen LogP contribution is 2.29. The lowest BCUT2D eigenvalue weighted by atomic mass is 9.95. The van der Waals surface area contributed by atoms with E-state index in [1.54, 1.807) is 5.38 Å². The van der Waals surface area contributed by atoms with Gasteiger partial charge >= 0.3 is 5.97 Å². The lowest BCUT2D eigenvalue weighted by Crippen LogP contribution is -2.37. The first-order valence-corrected chi connectivity index (χ1v) is 7.35. The molecule has 0 spiro atoms. The molecule has 1 heterocycles. The van der Waals surface area contributed by atoms with Crippen LogP contribution in [0.5, 0.6) is 0 Å². The van der Waals surface area contributed by atoms with Crippen LogP contribution in [0.3, 0.4) is 0 Å². The maximum atomic E-state index is 12.3. The molecule has 0 aliphatic carbocycles. The normalized spacial score (nSPS) is 12.1. The van der Waals surface area contributed by atoms with Gasteiger partial charge in [-0.25, -0.2) is 4.79 Å².